The average molecular weight is 247 g/mol. The number of oxazole rings is 1. The molecule has 5 heteroatoms. The number of benzene rings is 1. The van der Waals surface area contributed by atoms with Crippen molar-refractivity contribution in [3.05, 3.63) is 22.7 Å². The maximum Gasteiger partial charge on any atom is 0.417 e. The third-order valence-electron chi connectivity index (χ3n) is 3.59. The van der Waals surface area contributed by atoms with Crippen LogP contribution in [0, 0.1) is 5.41 Å². The Morgan fingerprint density at radius 3 is 2.89 bits per heavy atom. The van der Waals surface area contributed by atoms with Crippen LogP contribution in [0.2, 0.25) is 0 Å². The van der Waals surface area contributed by atoms with Gasteiger partial charge in [0.25, 0.3) is 0 Å². The predicted molar refractivity (Wildman–Crippen MR) is 71.9 cm³/mol. The molecule has 0 saturated carbocycles. The molecule has 18 heavy (non-hydrogen) atoms. The lowest BCUT2D eigenvalue weighted by Gasteiger charge is -2.22. The second-order valence-corrected chi connectivity index (χ2v) is 5.76. The Labute approximate surface area is 105 Å². The van der Waals surface area contributed by atoms with Crippen LogP contribution in [0.4, 0.5) is 11.4 Å². The van der Waals surface area contributed by atoms with E-state index in [0.717, 1.165) is 25.2 Å². The van der Waals surface area contributed by atoms with Gasteiger partial charge in [-0.25, -0.2) is 4.79 Å². The minimum Gasteiger partial charge on any atom is -0.408 e. The summed E-state index contributed by atoms with van der Waals surface area (Å²) in [6.45, 7) is 6.47. The van der Waals surface area contributed by atoms with Gasteiger partial charge >= 0.3 is 5.76 Å². The molecule has 1 aromatic heterocycles. The second-order valence-electron chi connectivity index (χ2n) is 5.76. The maximum absolute atomic E-state index is 11.2. The van der Waals surface area contributed by atoms with E-state index in [1.54, 1.807) is 6.07 Å². The fraction of sp³-hybridized carbons (Fsp3) is 0.462. The van der Waals surface area contributed by atoms with Crippen LogP contribution in [0.5, 0.6) is 0 Å². The van der Waals surface area contributed by atoms with Crippen LogP contribution in [0.1, 0.15) is 20.3 Å². The summed E-state index contributed by atoms with van der Waals surface area (Å²) < 4.78 is 5.00. The summed E-state index contributed by atoms with van der Waals surface area (Å²) in [6.07, 6.45) is 1.15. The lowest BCUT2D eigenvalue weighted by atomic mass is 9.93. The van der Waals surface area contributed by atoms with E-state index < -0.39 is 5.76 Å². The van der Waals surface area contributed by atoms with Gasteiger partial charge in [0.15, 0.2) is 5.58 Å². The van der Waals surface area contributed by atoms with Crippen molar-refractivity contribution in [1.82, 2.24) is 4.98 Å². The van der Waals surface area contributed by atoms with Gasteiger partial charge in [-0.05, 0) is 17.9 Å². The van der Waals surface area contributed by atoms with Gasteiger partial charge in [0.2, 0.25) is 0 Å². The van der Waals surface area contributed by atoms with Gasteiger partial charge in [-0.1, -0.05) is 13.8 Å². The van der Waals surface area contributed by atoms with E-state index in [4.69, 9.17) is 10.2 Å². The van der Waals surface area contributed by atoms with Crippen LogP contribution in [-0.4, -0.2) is 18.1 Å². The van der Waals surface area contributed by atoms with Crippen molar-refractivity contribution in [2.45, 2.75) is 20.3 Å². The first-order chi connectivity index (χ1) is 8.44. The number of H-pyrrole nitrogens is 1. The zero-order valence-electron chi connectivity index (χ0n) is 10.6. The largest absolute Gasteiger partial charge is 0.417 e. The average Bonchev–Trinajstić information content (AvgIpc) is 2.78. The van der Waals surface area contributed by atoms with Gasteiger partial charge < -0.3 is 15.1 Å². The second kappa shape index (κ2) is 3.54. The smallest absolute Gasteiger partial charge is 0.408 e. The lowest BCUT2D eigenvalue weighted by molar-refractivity contribution is 0.418. The highest BCUT2D eigenvalue weighted by atomic mass is 16.4. The molecule has 1 aromatic carbocycles. The van der Waals surface area contributed by atoms with Crippen LogP contribution in [0.15, 0.2) is 21.3 Å². The number of nitrogen functional groups attached to an aromatic ring is 1. The molecule has 1 fully saturated rings. The maximum atomic E-state index is 11.2. The minimum atomic E-state index is -0.441. The van der Waals surface area contributed by atoms with Gasteiger partial charge in [-0.3, -0.25) is 4.98 Å². The first-order valence-electron chi connectivity index (χ1n) is 6.12. The van der Waals surface area contributed by atoms with Gasteiger partial charge in [0.05, 0.1) is 16.9 Å². The Morgan fingerprint density at radius 1 is 1.44 bits per heavy atom. The van der Waals surface area contributed by atoms with E-state index in [0.29, 0.717) is 22.2 Å². The molecule has 2 aromatic rings. The molecule has 96 valence electrons. The molecule has 3 N–H and O–H groups in total. The number of nitrogens with two attached hydrogens (primary N) is 1. The third-order valence-corrected chi connectivity index (χ3v) is 3.59. The molecule has 0 atom stereocenters. The summed E-state index contributed by atoms with van der Waals surface area (Å²) in [5.41, 5.74) is 9.21. The number of rotatable bonds is 1. The van der Waals surface area contributed by atoms with Crippen LogP contribution >= 0.6 is 0 Å². The molecule has 0 spiro atoms. The molecule has 0 bridgehead atoms. The van der Waals surface area contributed by atoms with Crippen molar-refractivity contribution in [2.24, 2.45) is 5.41 Å². The Bertz CT molecular complexity index is 654. The zero-order valence-corrected chi connectivity index (χ0v) is 10.6. The minimum absolute atomic E-state index is 0.311. The normalized spacial score (nSPS) is 18.7. The Kier molecular flexibility index (Phi) is 2.20. The Hall–Kier alpha value is -1.91. The predicted octanol–water partition coefficient (Wildman–Crippen LogP) is 1.94. The summed E-state index contributed by atoms with van der Waals surface area (Å²) >= 11 is 0. The molecule has 1 aliphatic rings. The van der Waals surface area contributed by atoms with E-state index in [2.05, 4.69) is 23.7 Å². The van der Waals surface area contributed by atoms with E-state index in [1.807, 2.05) is 6.07 Å². The fourth-order valence-electron chi connectivity index (χ4n) is 2.59. The van der Waals surface area contributed by atoms with Crippen LogP contribution in [-0.2, 0) is 0 Å². The number of nitrogens with zero attached hydrogens (tertiary/aromatic N) is 1. The Balaban J connectivity index is 2.06. The highest BCUT2D eigenvalue weighted by molar-refractivity contribution is 5.85. The summed E-state index contributed by atoms with van der Waals surface area (Å²) in [5.74, 6) is -0.441. The molecular weight excluding hydrogens is 230 g/mol. The van der Waals surface area contributed by atoms with E-state index in [-0.39, 0.29) is 0 Å². The molecule has 0 unspecified atom stereocenters. The van der Waals surface area contributed by atoms with E-state index >= 15 is 0 Å². The van der Waals surface area contributed by atoms with Crippen molar-refractivity contribution in [3.8, 4) is 0 Å². The number of hydrogen-bond donors (Lipinski definition) is 2. The van der Waals surface area contributed by atoms with Crippen LogP contribution in [0.3, 0.4) is 0 Å². The number of hydrogen-bond acceptors (Lipinski definition) is 4. The topological polar surface area (TPSA) is 75.3 Å². The summed E-state index contributed by atoms with van der Waals surface area (Å²) in [6, 6.07) is 3.62. The molecule has 1 saturated heterocycles. The molecular formula is C13H17N3O2. The van der Waals surface area contributed by atoms with Crippen molar-refractivity contribution in [3.63, 3.8) is 0 Å². The van der Waals surface area contributed by atoms with Gasteiger partial charge in [-0.15, -0.1) is 0 Å². The molecule has 1 aliphatic heterocycles. The summed E-state index contributed by atoms with van der Waals surface area (Å²) in [7, 11) is 0. The first kappa shape index (κ1) is 11.2. The molecule has 3 rings (SSSR count). The number of anilines is 2. The van der Waals surface area contributed by atoms with Crippen molar-refractivity contribution in [2.75, 3.05) is 23.7 Å². The molecule has 0 radical (unpaired) electrons. The highest BCUT2D eigenvalue weighted by Gasteiger charge is 2.30. The zero-order chi connectivity index (χ0) is 12.9. The van der Waals surface area contributed by atoms with Crippen LogP contribution < -0.4 is 16.4 Å². The monoisotopic (exact) mass is 247 g/mol. The summed E-state index contributed by atoms with van der Waals surface area (Å²) in [5, 5.41) is 0. The Morgan fingerprint density at radius 2 is 2.22 bits per heavy atom. The molecule has 0 amide bonds. The van der Waals surface area contributed by atoms with Gasteiger partial charge in [0.1, 0.15) is 0 Å². The quantitative estimate of drug-likeness (QED) is 0.755. The number of aromatic nitrogens is 1. The van der Waals surface area contributed by atoms with Crippen molar-refractivity contribution >= 4 is 22.5 Å². The van der Waals surface area contributed by atoms with Gasteiger partial charge in [-0.2, -0.15) is 0 Å². The highest BCUT2D eigenvalue weighted by Crippen LogP contribution is 2.36. The lowest BCUT2D eigenvalue weighted by Crippen LogP contribution is -2.23. The fourth-order valence-corrected chi connectivity index (χ4v) is 2.59. The molecule has 2 heterocycles. The number of nitrogens with one attached hydrogen (secondary N) is 1. The summed E-state index contributed by atoms with van der Waals surface area (Å²) in [4.78, 5) is 16.1. The first-order valence-corrected chi connectivity index (χ1v) is 6.12. The van der Waals surface area contributed by atoms with E-state index in [9.17, 15) is 4.79 Å². The SMILES string of the molecule is CC1(C)CCN(c2cc3[nH]c(=O)oc3cc2N)C1. The van der Waals surface area contributed by atoms with Crippen LogP contribution in [0.25, 0.3) is 11.1 Å². The van der Waals surface area contributed by atoms with Crippen molar-refractivity contribution < 1.29 is 4.42 Å². The number of fused-ring (bicyclic) bond motifs is 1. The van der Waals surface area contributed by atoms with E-state index in [1.165, 1.54) is 0 Å². The standard InChI is InChI=1S/C13H17N3O2/c1-13(2)3-4-16(7-13)10-6-9-11(5-8(10)14)18-12(17)15-9/h5-6H,3-4,7,14H2,1-2H3,(H,15,17). The molecule has 5 nitrogen and oxygen atoms in total. The van der Waals surface area contributed by atoms with Crippen molar-refractivity contribution in [1.29, 1.82) is 0 Å². The number of aromatic amines is 1. The third kappa shape index (κ3) is 1.75. The van der Waals surface area contributed by atoms with Gasteiger partial charge in [0, 0.05) is 19.2 Å². The molecule has 0 aliphatic carbocycles.